The summed E-state index contributed by atoms with van der Waals surface area (Å²) in [4.78, 5) is 12.2. The predicted octanol–water partition coefficient (Wildman–Crippen LogP) is 2.25. The molecule has 3 N–H and O–H groups in total. The monoisotopic (exact) mass is 371 g/mol. The fraction of sp³-hybridized carbons (Fsp3) is 0.300. The Kier molecular flexibility index (Phi) is 7.63. The zero-order chi connectivity index (χ0) is 19.6. The average Bonchev–Trinajstić information content (AvgIpc) is 2.66. The van der Waals surface area contributed by atoms with Crippen LogP contribution in [0, 0.1) is 13.8 Å². The van der Waals surface area contributed by atoms with E-state index in [1.165, 1.54) is 7.11 Å². The molecule has 0 aliphatic carbocycles. The highest BCUT2D eigenvalue weighted by Crippen LogP contribution is 2.27. The number of hydrogen-bond acceptors (Lipinski definition) is 6. The third-order valence-electron chi connectivity index (χ3n) is 3.73. The number of hydrazone groups is 1. The number of rotatable bonds is 9. The van der Waals surface area contributed by atoms with E-state index in [4.69, 9.17) is 14.6 Å². The van der Waals surface area contributed by atoms with Crippen molar-refractivity contribution >= 4 is 17.8 Å². The molecule has 0 saturated heterocycles. The molecule has 27 heavy (non-hydrogen) atoms. The van der Waals surface area contributed by atoms with Crippen molar-refractivity contribution < 1.29 is 19.4 Å². The van der Waals surface area contributed by atoms with E-state index in [1.54, 1.807) is 24.4 Å². The van der Waals surface area contributed by atoms with Gasteiger partial charge in [0.1, 0.15) is 0 Å². The van der Waals surface area contributed by atoms with Gasteiger partial charge in [-0.05, 0) is 49.2 Å². The largest absolute Gasteiger partial charge is 0.493 e. The minimum Gasteiger partial charge on any atom is -0.493 e. The summed E-state index contributed by atoms with van der Waals surface area (Å²) in [7, 11) is 1.53. The minimum absolute atomic E-state index is 0.0115. The highest BCUT2D eigenvalue weighted by molar-refractivity contribution is 5.92. The van der Waals surface area contributed by atoms with Crippen LogP contribution in [0.1, 0.15) is 16.7 Å². The minimum atomic E-state index is -0.247. The van der Waals surface area contributed by atoms with Crippen molar-refractivity contribution in [3.8, 4) is 11.5 Å². The summed E-state index contributed by atoms with van der Waals surface area (Å²) < 4.78 is 10.9. The van der Waals surface area contributed by atoms with E-state index >= 15 is 0 Å². The van der Waals surface area contributed by atoms with Crippen molar-refractivity contribution in [1.82, 2.24) is 5.43 Å². The number of nitrogens with one attached hydrogen (secondary N) is 2. The fourth-order valence-corrected chi connectivity index (χ4v) is 2.40. The summed E-state index contributed by atoms with van der Waals surface area (Å²) in [6, 6.07) is 11.1. The smallest absolute Gasteiger partial charge is 0.262 e. The lowest BCUT2D eigenvalue weighted by Gasteiger charge is -2.12. The van der Waals surface area contributed by atoms with Crippen molar-refractivity contribution in [3.63, 3.8) is 0 Å². The molecule has 2 aromatic carbocycles. The van der Waals surface area contributed by atoms with Crippen LogP contribution in [-0.2, 0) is 4.79 Å². The Balaban J connectivity index is 1.95. The van der Waals surface area contributed by atoms with E-state index in [-0.39, 0.29) is 19.1 Å². The van der Waals surface area contributed by atoms with Gasteiger partial charge in [0, 0.05) is 5.69 Å². The summed E-state index contributed by atoms with van der Waals surface area (Å²) in [5.41, 5.74) is 6.40. The summed E-state index contributed by atoms with van der Waals surface area (Å²) >= 11 is 0. The first-order valence-electron chi connectivity index (χ1n) is 8.58. The molecule has 0 aliphatic rings. The number of aliphatic hydroxyl groups excluding tert-OH is 1. The molecule has 7 nitrogen and oxygen atoms in total. The second-order valence-corrected chi connectivity index (χ2v) is 5.96. The number of hydrogen-bond donors (Lipinski definition) is 3. The van der Waals surface area contributed by atoms with Crippen LogP contribution in [0.5, 0.6) is 11.5 Å². The van der Waals surface area contributed by atoms with Crippen LogP contribution in [0.3, 0.4) is 0 Å². The molecule has 0 aliphatic heterocycles. The summed E-state index contributed by atoms with van der Waals surface area (Å²) in [6.07, 6.45) is 1.61. The number of anilines is 1. The number of aliphatic hydroxyl groups is 1. The van der Waals surface area contributed by atoms with E-state index in [1.807, 2.05) is 32.0 Å². The zero-order valence-corrected chi connectivity index (χ0v) is 15.8. The van der Waals surface area contributed by atoms with Gasteiger partial charge >= 0.3 is 0 Å². The van der Waals surface area contributed by atoms with Gasteiger partial charge in [-0.1, -0.05) is 17.7 Å². The molecule has 2 aromatic rings. The van der Waals surface area contributed by atoms with Gasteiger partial charge in [0.2, 0.25) is 0 Å². The van der Waals surface area contributed by atoms with Gasteiger partial charge in [-0.15, -0.1) is 0 Å². The Morgan fingerprint density at radius 1 is 1.19 bits per heavy atom. The van der Waals surface area contributed by atoms with Crippen molar-refractivity contribution in [2.24, 2.45) is 5.10 Å². The molecule has 0 saturated carbocycles. The van der Waals surface area contributed by atoms with E-state index < -0.39 is 0 Å². The number of amides is 1. The highest BCUT2D eigenvalue weighted by Gasteiger charge is 2.09. The molecular weight excluding hydrogens is 346 g/mol. The van der Waals surface area contributed by atoms with E-state index in [0.717, 1.165) is 22.4 Å². The summed E-state index contributed by atoms with van der Waals surface area (Å²) in [6.45, 7) is 4.21. The van der Waals surface area contributed by atoms with Crippen LogP contribution in [0.2, 0.25) is 0 Å². The van der Waals surface area contributed by atoms with E-state index in [2.05, 4.69) is 15.8 Å². The molecule has 0 atom stereocenters. The van der Waals surface area contributed by atoms with Gasteiger partial charge in [0.05, 0.1) is 26.5 Å². The van der Waals surface area contributed by atoms with Crippen molar-refractivity contribution in [1.29, 1.82) is 0 Å². The Morgan fingerprint density at radius 3 is 2.70 bits per heavy atom. The number of nitrogens with zero attached hydrogens (tertiary/aromatic N) is 1. The van der Waals surface area contributed by atoms with Gasteiger partial charge < -0.3 is 25.3 Å². The third kappa shape index (κ3) is 6.31. The molecule has 7 heteroatoms. The quantitative estimate of drug-likeness (QED) is 0.357. The van der Waals surface area contributed by atoms with Crippen molar-refractivity contribution in [3.05, 3.63) is 53.1 Å². The van der Waals surface area contributed by atoms with E-state index in [9.17, 15) is 4.79 Å². The molecule has 2 rings (SSSR count). The summed E-state index contributed by atoms with van der Waals surface area (Å²) in [5.74, 6) is 0.719. The second-order valence-electron chi connectivity index (χ2n) is 5.96. The van der Waals surface area contributed by atoms with Crippen LogP contribution >= 0.6 is 0 Å². The topological polar surface area (TPSA) is 92.2 Å². The lowest BCUT2D eigenvalue weighted by atomic mass is 10.1. The second kappa shape index (κ2) is 10.2. The third-order valence-corrected chi connectivity index (χ3v) is 3.73. The Bertz CT molecular complexity index is 806. The standard InChI is InChI=1S/C20H25N3O4/c1-14-4-6-17(15(2)10-14)23-20(25)13-27-18-7-5-16(11-19(18)26-3)12-22-21-8-9-24/h4-7,10-12,21,24H,8-9,13H2,1-3H3,(H,23,25). The maximum atomic E-state index is 12.2. The predicted molar refractivity (Wildman–Crippen MR) is 106 cm³/mol. The lowest BCUT2D eigenvalue weighted by molar-refractivity contribution is -0.118. The zero-order valence-electron chi connectivity index (χ0n) is 15.8. The van der Waals surface area contributed by atoms with Crippen molar-refractivity contribution in [2.75, 3.05) is 32.2 Å². The molecular formula is C20H25N3O4. The maximum Gasteiger partial charge on any atom is 0.262 e. The molecule has 0 spiro atoms. The van der Waals surface area contributed by atoms with Crippen LogP contribution in [-0.4, -0.2) is 44.1 Å². The Hall–Kier alpha value is -3.06. The van der Waals surface area contributed by atoms with Crippen LogP contribution < -0.4 is 20.2 Å². The van der Waals surface area contributed by atoms with Crippen LogP contribution in [0.4, 0.5) is 5.69 Å². The first-order chi connectivity index (χ1) is 13.0. The van der Waals surface area contributed by atoms with Gasteiger partial charge in [0.15, 0.2) is 18.1 Å². The molecule has 0 unspecified atom stereocenters. The van der Waals surface area contributed by atoms with E-state index in [0.29, 0.717) is 18.0 Å². The van der Waals surface area contributed by atoms with Crippen LogP contribution in [0.25, 0.3) is 0 Å². The number of carbonyl (C=O) groups excluding carboxylic acids is 1. The fourth-order valence-electron chi connectivity index (χ4n) is 2.40. The SMILES string of the molecule is COc1cc(C=NNCCO)ccc1OCC(=O)Nc1ccc(C)cc1C. The van der Waals surface area contributed by atoms with Gasteiger partial charge in [-0.3, -0.25) is 4.79 Å². The molecule has 1 amide bonds. The van der Waals surface area contributed by atoms with Gasteiger partial charge in [-0.2, -0.15) is 5.10 Å². The highest BCUT2D eigenvalue weighted by atomic mass is 16.5. The number of carbonyl (C=O) groups is 1. The molecule has 0 heterocycles. The normalized spacial score (nSPS) is 10.7. The first-order valence-corrected chi connectivity index (χ1v) is 8.58. The first kappa shape index (κ1) is 20.3. The molecule has 144 valence electrons. The number of benzene rings is 2. The molecule has 0 fully saturated rings. The number of aryl methyl sites for hydroxylation is 2. The van der Waals surface area contributed by atoms with Crippen LogP contribution in [0.15, 0.2) is 41.5 Å². The van der Waals surface area contributed by atoms with Gasteiger partial charge in [0.25, 0.3) is 5.91 Å². The Labute approximate surface area is 159 Å². The summed E-state index contributed by atoms with van der Waals surface area (Å²) in [5, 5.41) is 15.5. The molecule has 0 aromatic heterocycles. The molecule has 0 radical (unpaired) electrons. The average molecular weight is 371 g/mol. The number of methoxy groups -OCH3 is 1. The molecule has 0 bridgehead atoms. The number of ether oxygens (including phenoxy) is 2. The Morgan fingerprint density at radius 2 is 2.00 bits per heavy atom. The lowest BCUT2D eigenvalue weighted by Crippen LogP contribution is -2.20. The van der Waals surface area contributed by atoms with Crippen molar-refractivity contribution in [2.45, 2.75) is 13.8 Å². The van der Waals surface area contributed by atoms with Gasteiger partial charge in [-0.25, -0.2) is 0 Å². The maximum absolute atomic E-state index is 12.2.